The van der Waals surface area contributed by atoms with Gasteiger partial charge in [-0.15, -0.1) is 0 Å². The molecule has 6 nitrogen and oxygen atoms in total. The lowest BCUT2D eigenvalue weighted by molar-refractivity contribution is -0.122. The van der Waals surface area contributed by atoms with Crippen LogP contribution in [0.3, 0.4) is 0 Å². The Kier molecular flexibility index (Phi) is 6.26. The van der Waals surface area contributed by atoms with Crippen LogP contribution in [0.5, 0.6) is 17.2 Å². The summed E-state index contributed by atoms with van der Waals surface area (Å²) in [6.07, 6.45) is 2.26. The molecule has 0 N–H and O–H groups in total. The van der Waals surface area contributed by atoms with Crippen molar-refractivity contribution in [3.63, 3.8) is 0 Å². The van der Waals surface area contributed by atoms with Crippen molar-refractivity contribution in [1.29, 1.82) is 0 Å². The van der Waals surface area contributed by atoms with Crippen molar-refractivity contribution in [2.75, 3.05) is 27.9 Å². The second-order valence-corrected chi connectivity index (χ2v) is 7.01. The normalized spacial score (nSPS) is 15.2. The Morgan fingerprint density at radius 3 is 2.21 bits per heavy atom. The largest absolute Gasteiger partial charge is 0.496 e. The molecule has 2 amide bonds. The predicted molar refractivity (Wildman–Crippen MR) is 109 cm³/mol. The highest BCUT2D eigenvalue weighted by Crippen LogP contribution is 2.38. The smallest absolute Gasteiger partial charge is 0.293 e. The molecule has 0 radical (unpaired) electrons. The molecular weight excluding hydrogens is 378 g/mol. The maximum absolute atomic E-state index is 12.7. The topological polar surface area (TPSA) is 65.1 Å². The fraction of sp³-hybridized carbons (Fsp3) is 0.238. The molecule has 0 spiro atoms. The second kappa shape index (κ2) is 8.84. The zero-order valence-electron chi connectivity index (χ0n) is 15.9. The minimum atomic E-state index is -0.303. The average molecular weight is 399 g/mol. The van der Waals surface area contributed by atoms with Crippen LogP contribution in [0.2, 0.25) is 0 Å². The number of imide groups is 1. The van der Waals surface area contributed by atoms with Gasteiger partial charge in [-0.25, -0.2) is 0 Å². The van der Waals surface area contributed by atoms with E-state index in [0.29, 0.717) is 40.7 Å². The first-order chi connectivity index (χ1) is 13.6. The van der Waals surface area contributed by atoms with Crippen molar-refractivity contribution in [2.45, 2.75) is 6.42 Å². The molecule has 2 aromatic rings. The highest BCUT2D eigenvalue weighted by molar-refractivity contribution is 8.18. The molecule has 0 aromatic heterocycles. The number of hydrogen-bond donors (Lipinski definition) is 0. The minimum Gasteiger partial charge on any atom is -0.496 e. The number of ether oxygens (including phenoxy) is 3. The molecule has 0 aliphatic carbocycles. The Balaban J connectivity index is 1.83. The predicted octanol–water partition coefficient (Wildman–Crippen LogP) is 3.99. The van der Waals surface area contributed by atoms with Gasteiger partial charge in [0.2, 0.25) is 0 Å². The summed E-state index contributed by atoms with van der Waals surface area (Å²) in [4.78, 5) is 26.7. The van der Waals surface area contributed by atoms with Crippen LogP contribution in [-0.4, -0.2) is 43.9 Å². The first kappa shape index (κ1) is 19.8. The van der Waals surface area contributed by atoms with Gasteiger partial charge in [-0.2, -0.15) is 0 Å². The van der Waals surface area contributed by atoms with Crippen molar-refractivity contribution < 1.29 is 23.8 Å². The van der Waals surface area contributed by atoms with Gasteiger partial charge < -0.3 is 14.2 Å². The first-order valence-corrected chi connectivity index (χ1v) is 9.48. The second-order valence-electron chi connectivity index (χ2n) is 6.02. The lowest BCUT2D eigenvalue weighted by Gasteiger charge is -2.13. The number of carbonyl (C=O) groups excluding carboxylic acids is 2. The third kappa shape index (κ3) is 4.14. The van der Waals surface area contributed by atoms with E-state index in [-0.39, 0.29) is 11.1 Å². The molecule has 1 heterocycles. The highest BCUT2D eigenvalue weighted by atomic mass is 32.2. The first-order valence-electron chi connectivity index (χ1n) is 8.66. The summed E-state index contributed by atoms with van der Waals surface area (Å²) >= 11 is 0.925. The van der Waals surface area contributed by atoms with E-state index < -0.39 is 0 Å². The number of benzene rings is 2. The van der Waals surface area contributed by atoms with E-state index in [2.05, 4.69) is 0 Å². The number of hydrogen-bond acceptors (Lipinski definition) is 6. The van der Waals surface area contributed by atoms with Gasteiger partial charge >= 0.3 is 0 Å². The number of thioether (sulfide) groups is 1. The Morgan fingerprint density at radius 2 is 1.57 bits per heavy atom. The average Bonchev–Trinajstić information content (AvgIpc) is 2.99. The maximum atomic E-state index is 12.7. The molecular formula is C21H21NO5S. The van der Waals surface area contributed by atoms with Gasteiger partial charge in [-0.05, 0) is 35.9 Å². The van der Waals surface area contributed by atoms with E-state index in [0.717, 1.165) is 17.3 Å². The summed E-state index contributed by atoms with van der Waals surface area (Å²) in [5.41, 5.74) is 1.71. The van der Waals surface area contributed by atoms with Gasteiger partial charge in [0.15, 0.2) is 11.5 Å². The zero-order valence-corrected chi connectivity index (χ0v) is 16.7. The lowest BCUT2D eigenvalue weighted by atomic mass is 10.1. The number of methoxy groups -OCH3 is 3. The number of rotatable bonds is 7. The fourth-order valence-corrected chi connectivity index (χ4v) is 3.74. The number of carbonyl (C=O) groups is 2. The Labute approximate surface area is 168 Å². The summed E-state index contributed by atoms with van der Waals surface area (Å²) < 4.78 is 16.0. The van der Waals surface area contributed by atoms with E-state index in [9.17, 15) is 9.59 Å². The Morgan fingerprint density at radius 1 is 0.929 bits per heavy atom. The fourth-order valence-electron chi connectivity index (χ4n) is 2.89. The van der Waals surface area contributed by atoms with Crippen LogP contribution in [0.4, 0.5) is 4.79 Å². The molecule has 146 valence electrons. The van der Waals surface area contributed by atoms with Crippen molar-refractivity contribution in [3.8, 4) is 17.2 Å². The van der Waals surface area contributed by atoms with Crippen LogP contribution in [0.25, 0.3) is 6.08 Å². The van der Waals surface area contributed by atoms with Crippen molar-refractivity contribution in [3.05, 3.63) is 58.5 Å². The van der Waals surface area contributed by atoms with E-state index in [1.165, 1.54) is 26.2 Å². The van der Waals surface area contributed by atoms with Crippen molar-refractivity contribution in [1.82, 2.24) is 4.90 Å². The van der Waals surface area contributed by atoms with E-state index in [1.807, 2.05) is 30.3 Å². The molecule has 1 saturated heterocycles. The molecule has 3 rings (SSSR count). The maximum Gasteiger partial charge on any atom is 0.293 e. The molecule has 0 bridgehead atoms. The van der Waals surface area contributed by atoms with Gasteiger partial charge in [-0.1, -0.05) is 30.3 Å². The molecule has 7 heteroatoms. The molecule has 1 fully saturated rings. The van der Waals surface area contributed by atoms with Crippen molar-refractivity contribution in [2.24, 2.45) is 0 Å². The highest BCUT2D eigenvalue weighted by Gasteiger charge is 2.34. The quantitative estimate of drug-likeness (QED) is 0.656. The van der Waals surface area contributed by atoms with E-state index in [4.69, 9.17) is 14.2 Å². The van der Waals surface area contributed by atoms with Crippen LogP contribution >= 0.6 is 11.8 Å². The van der Waals surface area contributed by atoms with Gasteiger partial charge in [0.25, 0.3) is 11.1 Å². The Hall–Kier alpha value is -2.93. The molecule has 1 aliphatic heterocycles. The summed E-state index contributed by atoms with van der Waals surface area (Å²) in [6, 6.07) is 13.2. The molecule has 1 aliphatic rings. The summed E-state index contributed by atoms with van der Waals surface area (Å²) in [6.45, 7) is 0.342. The van der Waals surface area contributed by atoms with Gasteiger partial charge in [0.05, 0.1) is 26.2 Å². The van der Waals surface area contributed by atoms with Crippen LogP contribution < -0.4 is 14.2 Å². The summed E-state index contributed by atoms with van der Waals surface area (Å²) in [5.74, 6) is 1.25. The van der Waals surface area contributed by atoms with Crippen LogP contribution in [0.1, 0.15) is 11.1 Å². The van der Waals surface area contributed by atoms with Crippen LogP contribution in [-0.2, 0) is 11.2 Å². The molecule has 0 saturated carbocycles. The van der Waals surface area contributed by atoms with Gasteiger partial charge in [-0.3, -0.25) is 14.5 Å². The minimum absolute atomic E-state index is 0.272. The molecule has 2 aromatic carbocycles. The molecule has 0 unspecified atom stereocenters. The zero-order chi connectivity index (χ0) is 20.1. The monoisotopic (exact) mass is 399 g/mol. The van der Waals surface area contributed by atoms with Crippen molar-refractivity contribution >= 4 is 29.0 Å². The third-order valence-electron chi connectivity index (χ3n) is 4.36. The van der Waals surface area contributed by atoms with Crippen LogP contribution in [0.15, 0.2) is 47.4 Å². The molecule has 28 heavy (non-hydrogen) atoms. The number of amides is 2. The summed E-state index contributed by atoms with van der Waals surface area (Å²) in [5, 5.41) is -0.272. The SMILES string of the molecule is COc1cc(OC)c(OC)cc1/C=C1\SC(=O)N(CCc2ccccc2)C1=O. The standard InChI is InChI=1S/C21H21NO5S/c1-25-16-13-18(27-3)17(26-2)11-15(16)12-19-20(23)22(21(24)28-19)10-9-14-7-5-4-6-8-14/h4-8,11-13H,9-10H2,1-3H3/b19-12-. The molecule has 0 atom stereocenters. The van der Waals surface area contributed by atoms with E-state index in [1.54, 1.807) is 18.2 Å². The van der Waals surface area contributed by atoms with Crippen LogP contribution in [0, 0.1) is 0 Å². The Bertz CT molecular complexity index is 911. The van der Waals surface area contributed by atoms with Gasteiger partial charge in [0.1, 0.15) is 5.75 Å². The summed E-state index contributed by atoms with van der Waals surface area (Å²) in [7, 11) is 4.60. The number of nitrogens with zero attached hydrogens (tertiary/aromatic N) is 1. The van der Waals surface area contributed by atoms with Gasteiger partial charge in [0, 0.05) is 18.2 Å². The third-order valence-corrected chi connectivity index (χ3v) is 5.27. The van der Waals surface area contributed by atoms with E-state index >= 15 is 0 Å². The lowest BCUT2D eigenvalue weighted by Crippen LogP contribution is -2.30.